The number of aromatic nitrogens is 1. The lowest BCUT2D eigenvalue weighted by Gasteiger charge is -2.16. The van der Waals surface area contributed by atoms with E-state index in [2.05, 4.69) is 115 Å². The summed E-state index contributed by atoms with van der Waals surface area (Å²) in [6, 6.07) is 53.2. The summed E-state index contributed by atoms with van der Waals surface area (Å²) in [5.74, 6) is 0. The fourth-order valence-corrected chi connectivity index (χ4v) is 6.85. The standard InChI is InChI=1S/C41H25NO/c43-41-37-13-6-5-12-35(37)39-25-31(18-21-40(39)42(41)32-19-16-26-8-1-2-10-28(26)23-32)33-14-7-15-34-36(33)20-17-30-22-27-9-3-4-11-29(27)24-38(30)34/h1-25H. The van der Waals surface area contributed by atoms with Crippen LogP contribution in [0.3, 0.4) is 0 Å². The second kappa shape index (κ2) is 9.14. The van der Waals surface area contributed by atoms with Crippen molar-refractivity contribution >= 4 is 64.8 Å². The summed E-state index contributed by atoms with van der Waals surface area (Å²) < 4.78 is 1.87. The molecule has 1 aromatic heterocycles. The second-order valence-corrected chi connectivity index (χ2v) is 11.3. The molecule has 0 aliphatic heterocycles. The van der Waals surface area contributed by atoms with Crippen LogP contribution >= 0.6 is 0 Å². The van der Waals surface area contributed by atoms with Crippen LogP contribution in [0.5, 0.6) is 0 Å². The molecule has 0 aliphatic carbocycles. The number of benzene rings is 8. The molecule has 200 valence electrons. The zero-order valence-electron chi connectivity index (χ0n) is 23.3. The van der Waals surface area contributed by atoms with E-state index in [0.29, 0.717) is 0 Å². The molecule has 9 rings (SSSR count). The predicted octanol–water partition coefficient (Wildman–Crippen LogP) is 10.4. The average molecular weight is 548 g/mol. The van der Waals surface area contributed by atoms with Crippen molar-refractivity contribution in [1.82, 2.24) is 4.57 Å². The molecule has 8 aromatic carbocycles. The molecule has 2 heteroatoms. The summed E-state index contributed by atoms with van der Waals surface area (Å²) in [5, 5.41) is 12.5. The van der Waals surface area contributed by atoms with E-state index in [1.54, 1.807) is 0 Å². The number of fused-ring (bicyclic) bond motifs is 8. The lowest BCUT2D eigenvalue weighted by Crippen LogP contribution is -2.19. The molecule has 0 saturated carbocycles. The van der Waals surface area contributed by atoms with Crippen LogP contribution in [0.15, 0.2) is 156 Å². The Kier molecular flexibility index (Phi) is 5.08. The first kappa shape index (κ1) is 23.9. The van der Waals surface area contributed by atoms with Crippen LogP contribution in [0.4, 0.5) is 0 Å². The number of pyridine rings is 1. The van der Waals surface area contributed by atoms with Gasteiger partial charge in [-0.1, -0.05) is 109 Å². The molecule has 0 unspecified atom stereocenters. The van der Waals surface area contributed by atoms with E-state index < -0.39 is 0 Å². The predicted molar refractivity (Wildman–Crippen MR) is 183 cm³/mol. The van der Waals surface area contributed by atoms with Gasteiger partial charge >= 0.3 is 0 Å². The molecular formula is C41H25NO. The van der Waals surface area contributed by atoms with Gasteiger partial charge in [-0.15, -0.1) is 0 Å². The summed E-state index contributed by atoms with van der Waals surface area (Å²) >= 11 is 0. The summed E-state index contributed by atoms with van der Waals surface area (Å²) in [6.45, 7) is 0. The van der Waals surface area contributed by atoms with Gasteiger partial charge in [-0.05, 0) is 102 Å². The Labute approximate surface area is 247 Å². The summed E-state index contributed by atoms with van der Waals surface area (Å²) in [6.07, 6.45) is 0. The third-order valence-electron chi connectivity index (χ3n) is 8.93. The molecule has 1 heterocycles. The van der Waals surface area contributed by atoms with E-state index in [1.165, 1.54) is 37.9 Å². The molecule has 0 spiro atoms. The van der Waals surface area contributed by atoms with Crippen molar-refractivity contribution in [1.29, 1.82) is 0 Å². The molecule has 0 saturated heterocycles. The molecule has 0 aliphatic rings. The van der Waals surface area contributed by atoms with Crippen LogP contribution in [0.1, 0.15) is 0 Å². The van der Waals surface area contributed by atoms with E-state index in [0.717, 1.165) is 43.7 Å². The molecule has 2 nitrogen and oxygen atoms in total. The zero-order valence-corrected chi connectivity index (χ0v) is 23.3. The minimum absolute atomic E-state index is 0.00464. The molecule has 0 amide bonds. The van der Waals surface area contributed by atoms with Gasteiger partial charge in [0.15, 0.2) is 0 Å². The number of hydrogen-bond donors (Lipinski definition) is 0. The maximum atomic E-state index is 14.0. The van der Waals surface area contributed by atoms with Crippen molar-refractivity contribution in [3.8, 4) is 16.8 Å². The van der Waals surface area contributed by atoms with Crippen molar-refractivity contribution in [3.05, 3.63) is 162 Å². The van der Waals surface area contributed by atoms with Crippen LogP contribution in [0.25, 0.3) is 81.6 Å². The highest BCUT2D eigenvalue weighted by molar-refractivity contribution is 6.16. The van der Waals surface area contributed by atoms with Crippen LogP contribution in [0.2, 0.25) is 0 Å². The van der Waals surface area contributed by atoms with Crippen molar-refractivity contribution in [2.45, 2.75) is 0 Å². The topological polar surface area (TPSA) is 22.0 Å². The van der Waals surface area contributed by atoms with Crippen LogP contribution in [0, 0.1) is 0 Å². The smallest absolute Gasteiger partial charge is 0.263 e. The number of rotatable bonds is 2. The van der Waals surface area contributed by atoms with Gasteiger partial charge in [-0.2, -0.15) is 0 Å². The largest absolute Gasteiger partial charge is 0.276 e. The first-order valence-corrected chi connectivity index (χ1v) is 14.6. The van der Waals surface area contributed by atoms with Crippen molar-refractivity contribution in [3.63, 3.8) is 0 Å². The molecule has 0 bridgehead atoms. The van der Waals surface area contributed by atoms with E-state index >= 15 is 0 Å². The van der Waals surface area contributed by atoms with Crippen LogP contribution in [-0.2, 0) is 0 Å². The maximum Gasteiger partial charge on any atom is 0.263 e. The Morgan fingerprint density at radius 2 is 1.02 bits per heavy atom. The van der Waals surface area contributed by atoms with Gasteiger partial charge in [0.05, 0.1) is 5.52 Å². The highest BCUT2D eigenvalue weighted by Gasteiger charge is 2.15. The molecule has 0 N–H and O–H groups in total. The first-order valence-electron chi connectivity index (χ1n) is 14.6. The molecule has 0 atom stereocenters. The maximum absolute atomic E-state index is 14.0. The average Bonchev–Trinajstić information content (AvgIpc) is 3.07. The van der Waals surface area contributed by atoms with E-state index in [1.807, 2.05) is 41.0 Å². The van der Waals surface area contributed by atoms with Gasteiger partial charge in [-0.25, -0.2) is 0 Å². The summed E-state index contributed by atoms with van der Waals surface area (Å²) in [5.41, 5.74) is 4.08. The minimum atomic E-state index is -0.00464. The molecule has 9 aromatic rings. The van der Waals surface area contributed by atoms with Crippen LogP contribution in [-0.4, -0.2) is 4.57 Å². The Balaban J connectivity index is 1.32. The fraction of sp³-hybridized carbons (Fsp3) is 0. The van der Waals surface area contributed by atoms with Gasteiger partial charge in [0.1, 0.15) is 0 Å². The Hall–Kier alpha value is -5.73. The monoisotopic (exact) mass is 547 g/mol. The van der Waals surface area contributed by atoms with E-state index in [-0.39, 0.29) is 5.56 Å². The third kappa shape index (κ3) is 3.63. The number of hydrogen-bond acceptors (Lipinski definition) is 1. The van der Waals surface area contributed by atoms with Crippen molar-refractivity contribution in [2.24, 2.45) is 0 Å². The van der Waals surface area contributed by atoms with Crippen molar-refractivity contribution in [2.75, 3.05) is 0 Å². The lowest BCUT2D eigenvalue weighted by atomic mass is 9.92. The second-order valence-electron chi connectivity index (χ2n) is 11.3. The molecular weight excluding hydrogens is 522 g/mol. The quantitative estimate of drug-likeness (QED) is 0.156. The van der Waals surface area contributed by atoms with Gasteiger partial charge < -0.3 is 0 Å². The van der Waals surface area contributed by atoms with E-state index in [9.17, 15) is 4.79 Å². The molecule has 0 radical (unpaired) electrons. The van der Waals surface area contributed by atoms with Gasteiger partial charge in [-0.3, -0.25) is 9.36 Å². The van der Waals surface area contributed by atoms with Gasteiger partial charge in [0.25, 0.3) is 5.56 Å². The van der Waals surface area contributed by atoms with Gasteiger partial charge in [0.2, 0.25) is 0 Å². The normalized spacial score (nSPS) is 11.8. The van der Waals surface area contributed by atoms with Crippen molar-refractivity contribution < 1.29 is 0 Å². The Morgan fingerprint density at radius 3 is 1.86 bits per heavy atom. The zero-order chi connectivity index (χ0) is 28.5. The van der Waals surface area contributed by atoms with E-state index in [4.69, 9.17) is 0 Å². The lowest BCUT2D eigenvalue weighted by molar-refractivity contribution is 1.06. The highest BCUT2D eigenvalue weighted by Crippen LogP contribution is 2.37. The number of nitrogens with zero attached hydrogens (tertiary/aromatic N) is 1. The summed E-state index contributed by atoms with van der Waals surface area (Å²) in [4.78, 5) is 14.0. The van der Waals surface area contributed by atoms with Gasteiger partial charge in [0, 0.05) is 16.5 Å². The SMILES string of the molecule is O=c1c2ccccc2c2cc(-c3cccc4c3ccc3cc5ccccc5cc34)ccc2n1-c1ccc2ccccc2c1. The molecule has 43 heavy (non-hydrogen) atoms. The Bertz CT molecular complexity index is 2640. The summed E-state index contributed by atoms with van der Waals surface area (Å²) in [7, 11) is 0. The molecule has 0 fully saturated rings. The Morgan fingerprint density at radius 1 is 0.372 bits per heavy atom. The van der Waals surface area contributed by atoms with Crippen LogP contribution < -0.4 is 5.56 Å². The third-order valence-corrected chi connectivity index (χ3v) is 8.93. The minimum Gasteiger partial charge on any atom is -0.276 e. The first-order chi connectivity index (χ1) is 21.2. The highest BCUT2D eigenvalue weighted by atomic mass is 16.1. The fourth-order valence-electron chi connectivity index (χ4n) is 6.85.